The number of benzene rings is 1. The van der Waals surface area contributed by atoms with Crippen LogP contribution >= 0.6 is 0 Å². The SMILES string of the molecule is OCCCCCCNCc1cccc2c1OCCCO2. The molecule has 0 saturated carbocycles. The van der Waals surface area contributed by atoms with Gasteiger partial charge in [0.15, 0.2) is 11.5 Å². The highest BCUT2D eigenvalue weighted by molar-refractivity contribution is 5.46. The molecule has 0 radical (unpaired) electrons. The monoisotopic (exact) mass is 279 g/mol. The van der Waals surface area contributed by atoms with Crippen molar-refractivity contribution in [3.8, 4) is 11.5 Å². The number of hydrogen-bond donors (Lipinski definition) is 2. The Morgan fingerprint density at radius 3 is 2.80 bits per heavy atom. The Labute approximate surface area is 121 Å². The lowest BCUT2D eigenvalue weighted by Crippen LogP contribution is -2.15. The molecular weight excluding hydrogens is 254 g/mol. The van der Waals surface area contributed by atoms with E-state index in [0.29, 0.717) is 6.61 Å². The number of aliphatic hydroxyl groups is 1. The highest BCUT2D eigenvalue weighted by Crippen LogP contribution is 2.33. The largest absolute Gasteiger partial charge is 0.490 e. The van der Waals surface area contributed by atoms with Gasteiger partial charge in [-0.1, -0.05) is 25.0 Å². The van der Waals surface area contributed by atoms with E-state index in [2.05, 4.69) is 11.4 Å². The van der Waals surface area contributed by atoms with Crippen LogP contribution < -0.4 is 14.8 Å². The molecule has 20 heavy (non-hydrogen) atoms. The molecule has 1 aromatic carbocycles. The quantitative estimate of drug-likeness (QED) is 0.718. The Hall–Kier alpha value is -1.26. The third-order valence-corrected chi connectivity index (χ3v) is 3.43. The van der Waals surface area contributed by atoms with Crippen LogP contribution in [0, 0.1) is 0 Å². The summed E-state index contributed by atoms with van der Waals surface area (Å²) in [7, 11) is 0. The summed E-state index contributed by atoms with van der Waals surface area (Å²) in [6.45, 7) is 3.57. The van der Waals surface area contributed by atoms with Gasteiger partial charge in [-0.15, -0.1) is 0 Å². The van der Waals surface area contributed by atoms with Crippen LogP contribution in [0.2, 0.25) is 0 Å². The zero-order valence-electron chi connectivity index (χ0n) is 12.1. The molecule has 0 atom stereocenters. The minimum Gasteiger partial charge on any atom is -0.490 e. The first kappa shape index (κ1) is 15.1. The maximum Gasteiger partial charge on any atom is 0.165 e. The van der Waals surface area contributed by atoms with Crippen LogP contribution in [0.1, 0.15) is 37.7 Å². The van der Waals surface area contributed by atoms with Crippen LogP contribution in [0.5, 0.6) is 11.5 Å². The van der Waals surface area contributed by atoms with Crippen molar-refractivity contribution in [3.05, 3.63) is 23.8 Å². The Morgan fingerprint density at radius 1 is 1.05 bits per heavy atom. The van der Waals surface area contributed by atoms with E-state index < -0.39 is 0 Å². The predicted octanol–water partition coefficient (Wildman–Crippen LogP) is 2.49. The summed E-state index contributed by atoms with van der Waals surface area (Å²) in [6, 6.07) is 6.08. The molecule has 0 spiro atoms. The second-order valence-corrected chi connectivity index (χ2v) is 5.11. The molecule has 2 rings (SSSR count). The van der Waals surface area contributed by atoms with Gasteiger partial charge in [-0.05, 0) is 25.5 Å². The summed E-state index contributed by atoms with van der Waals surface area (Å²) in [6.07, 6.45) is 5.27. The van der Waals surface area contributed by atoms with Crippen LogP contribution in [0.25, 0.3) is 0 Å². The molecule has 0 amide bonds. The molecule has 1 aliphatic rings. The van der Waals surface area contributed by atoms with Gasteiger partial charge in [-0.3, -0.25) is 0 Å². The molecule has 4 nitrogen and oxygen atoms in total. The summed E-state index contributed by atoms with van der Waals surface area (Å²) in [5.41, 5.74) is 1.17. The van der Waals surface area contributed by atoms with Crippen LogP contribution in [-0.4, -0.2) is 31.5 Å². The van der Waals surface area contributed by atoms with Gasteiger partial charge in [0.2, 0.25) is 0 Å². The molecule has 0 saturated heterocycles. The topological polar surface area (TPSA) is 50.7 Å². The molecule has 112 valence electrons. The molecule has 0 bridgehead atoms. The highest BCUT2D eigenvalue weighted by atomic mass is 16.5. The van der Waals surface area contributed by atoms with Gasteiger partial charge in [-0.25, -0.2) is 0 Å². The van der Waals surface area contributed by atoms with Crippen molar-refractivity contribution in [1.29, 1.82) is 0 Å². The summed E-state index contributed by atoms with van der Waals surface area (Å²) in [4.78, 5) is 0. The molecule has 4 heteroatoms. The number of para-hydroxylation sites is 1. The summed E-state index contributed by atoms with van der Waals surface area (Å²) >= 11 is 0. The van der Waals surface area contributed by atoms with Crippen molar-refractivity contribution in [2.24, 2.45) is 0 Å². The van der Waals surface area contributed by atoms with Gasteiger partial charge < -0.3 is 19.9 Å². The molecule has 0 aliphatic carbocycles. The fourth-order valence-electron chi connectivity index (χ4n) is 2.33. The number of rotatable bonds is 8. The highest BCUT2D eigenvalue weighted by Gasteiger charge is 2.13. The Bertz CT molecular complexity index is 395. The van der Waals surface area contributed by atoms with Crippen molar-refractivity contribution in [1.82, 2.24) is 5.32 Å². The second kappa shape index (κ2) is 8.82. The van der Waals surface area contributed by atoms with Gasteiger partial charge in [0.25, 0.3) is 0 Å². The first-order chi connectivity index (χ1) is 9.92. The number of unbranched alkanes of at least 4 members (excludes halogenated alkanes) is 3. The molecule has 0 unspecified atom stereocenters. The van der Waals surface area contributed by atoms with Crippen LogP contribution in [-0.2, 0) is 6.54 Å². The first-order valence-corrected chi connectivity index (χ1v) is 7.61. The maximum absolute atomic E-state index is 8.71. The minimum atomic E-state index is 0.306. The zero-order valence-corrected chi connectivity index (χ0v) is 12.1. The molecule has 0 aromatic heterocycles. The molecule has 1 aliphatic heterocycles. The van der Waals surface area contributed by atoms with Crippen LogP contribution in [0.4, 0.5) is 0 Å². The van der Waals surface area contributed by atoms with Crippen LogP contribution in [0.15, 0.2) is 18.2 Å². The van der Waals surface area contributed by atoms with Crippen LogP contribution in [0.3, 0.4) is 0 Å². The lowest BCUT2D eigenvalue weighted by molar-refractivity contribution is 0.282. The fraction of sp³-hybridized carbons (Fsp3) is 0.625. The van der Waals surface area contributed by atoms with Crippen molar-refractivity contribution >= 4 is 0 Å². The fourth-order valence-corrected chi connectivity index (χ4v) is 2.33. The van der Waals surface area contributed by atoms with Crippen molar-refractivity contribution in [3.63, 3.8) is 0 Å². The van der Waals surface area contributed by atoms with Crippen molar-refractivity contribution < 1.29 is 14.6 Å². The summed E-state index contributed by atoms with van der Waals surface area (Å²) in [5, 5.41) is 12.2. The number of aliphatic hydroxyl groups excluding tert-OH is 1. The summed E-state index contributed by atoms with van der Waals surface area (Å²) < 4.78 is 11.5. The average molecular weight is 279 g/mol. The van der Waals surface area contributed by atoms with E-state index in [1.807, 2.05) is 12.1 Å². The van der Waals surface area contributed by atoms with Gasteiger partial charge in [0, 0.05) is 25.1 Å². The molecular formula is C16H25NO3. The normalized spacial score (nSPS) is 14.1. The average Bonchev–Trinajstić information content (AvgIpc) is 2.72. The van der Waals surface area contributed by atoms with Crippen molar-refractivity contribution in [2.45, 2.75) is 38.6 Å². The lowest BCUT2D eigenvalue weighted by atomic mass is 10.1. The molecule has 1 heterocycles. The minimum absolute atomic E-state index is 0.306. The van der Waals surface area contributed by atoms with Gasteiger partial charge >= 0.3 is 0 Å². The van der Waals surface area contributed by atoms with E-state index in [1.165, 1.54) is 12.0 Å². The number of fused-ring (bicyclic) bond motifs is 1. The van der Waals surface area contributed by atoms with E-state index in [9.17, 15) is 0 Å². The van der Waals surface area contributed by atoms with E-state index in [4.69, 9.17) is 14.6 Å². The molecule has 1 aromatic rings. The molecule has 2 N–H and O–H groups in total. The number of nitrogens with one attached hydrogen (secondary N) is 1. The third-order valence-electron chi connectivity index (χ3n) is 3.43. The zero-order chi connectivity index (χ0) is 14.0. The maximum atomic E-state index is 8.71. The lowest BCUT2D eigenvalue weighted by Gasteiger charge is -2.13. The van der Waals surface area contributed by atoms with Gasteiger partial charge in [0.1, 0.15) is 0 Å². The second-order valence-electron chi connectivity index (χ2n) is 5.11. The van der Waals surface area contributed by atoms with E-state index in [0.717, 1.165) is 63.5 Å². The Morgan fingerprint density at radius 2 is 1.90 bits per heavy atom. The summed E-state index contributed by atoms with van der Waals surface area (Å²) in [5.74, 6) is 1.77. The van der Waals surface area contributed by atoms with Crippen molar-refractivity contribution in [2.75, 3.05) is 26.4 Å². The number of hydrogen-bond acceptors (Lipinski definition) is 4. The predicted molar refractivity (Wildman–Crippen MR) is 79.3 cm³/mol. The standard InChI is InChI=1S/C16H25NO3/c18-10-4-2-1-3-9-17-13-14-7-5-8-15-16(14)20-12-6-11-19-15/h5,7-8,17-18H,1-4,6,9-13H2. The number of ether oxygens (including phenoxy) is 2. The van der Waals surface area contributed by atoms with E-state index in [1.54, 1.807) is 0 Å². The van der Waals surface area contributed by atoms with E-state index in [-0.39, 0.29) is 0 Å². The van der Waals surface area contributed by atoms with E-state index >= 15 is 0 Å². The van der Waals surface area contributed by atoms with Gasteiger partial charge in [0.05, 0.1) is 13.2 Å². The Kier molecular flexibility index (Phi) is 6.68. The Balaban J connectivity index is 1.75. The molecule has 0 fully saturated rings. The smallest absolute Gasteiger partial charge is 0.165 e. The third kappa shape index (κ3) is 4.69. The van der Waals surface area contributed by atoms with Gasteiger partial charge in [-0.2, -0.15) is 0 Å². The first-order valence-electron chi connectivity index (χ1n) is 7.61.